The van der Waals surface area contributed by atoms with Crippen molar-refractivity contribution in [3.8, 4) is 5.75 Å². The fourth-order valence-electron chi connectivity index (χ4n) is 0.711. The lowest BCUT2D eigenvalue weighted by atomic mass is 10.5. The highest BCUT2D eigenvalue weighted by Gasteiger charge is 2.16. The van der Waals surface area contributed by atoms with Crippen LogP contribution in [0.2, 0.25) is 5.02 Å². The molecule has 0 amide bonds. The van der Waals surface area contributed by atoms with Crippen molar-refractivity contribution in [1.82, 2.24) is 9.89 Å². The Bertz CT molecular complexity index is 401. The molecule has 0 saturated carbocycles. The molecular weight excluding hydrogens is 202 g/mol. The Balaban J connectivity index is 3.45. The van der Waals surface area contributed by atoms with Gasteiger partial charge in [-0.15, -0.1) is 0 Å². The van der Waals surface area contributed by atoms with Gasteiger partial charge in [0.05, 0.1) is 16.9 Å². The molecule has 0 radical (unpaired) electrons. The molecule has 13 heavy (non-hydrogen) atoms. The zero-order chi connectivity index (χ0) is 10.0. The first-order valence-electron chi connectivity index (χ1n) is 3.04. The molecule has 0 atom stereocenters. The van der Waals surface area contributed by atoms with Gasteiger partial charge < -0.3 is 14.9 Å². The topological polar surface area (TPSA) is 87.3 Å². The van der Waals surface area contributed by atoms with Gasteiger partial charge in [0.15, 0.2) is 6.20 Å². The Hall–Kier alpha value is -1.63. The van der Waals surface area contributed by atoms with Crippen molar-refractivity contribution in [1.29, 1.82) is 0 Å². The van der Waals surface area contributed by atoms with Crippen LogP contribution in [0, 0.1) is 10.1 Å². The standard InChI is InChI=1S/C5H4ClN3O4/c1-13-4-3(6)2-7-8(5(4)10)9(11)12/h2H,1H3. The van der Waals surface area contributed by atoms with E-state index in [1.807, 2.05) is 0 Å². The first kappa shape index (κ1) is 9.46. The molecule has 1 heterocycles. The Labute approximate surface area is 76.6 Å². The van der Waals surface area contributed by atoms with Gasteiger partial charge >= 0.3 is 5.56 Å². The van der Waals surface area contributed by atoms with E-state index in [1.165, 1.54) is 7.11 Å². The highest BCUT2D eigenvalue weighted by atomic mass is 35.5. The zero-order valence-corrected chi connectivity index (χ0v) is 7.19. The number of halogens is 1. The lowest BCUT2D eigenvalue weighted by molar-refractivity contribution is -0.556. The van der Waals surface area contributed by atoms with Crippen LogP contribution in [-0.2, 0) is 0 Å². The molecule has 8 heteroatoms. The fraction of sp³-hybridized carbons (Fsp3) is 0.200. The Morgan fingerprint density at radius 3 is 2.85 bits per heavy atom. The molecule has 0 aliphatic carbocycles. The predicted molar refractivity (Wildman–Crippen MR) is 42.5 cm³/mol. The SMILES string of the molecule is COc1c(Cl)cnn([N+](=O)[O-])c1=O. The minimum atomic E-state index is -1.000. The minimum Gasteiger partial charge on any atom is -0.490 e. The monoisotopic (exact) mass is 205 g/mol. The molecule has 0 bridgehead atoms. The molecule has 0 N–H and O–H groups in total. The largest absolute Gasteiger partial charge is 0.490 e. The third-order valence-electron chi connectivity index (χ3n) is 1.23. The number of nitro groups is 1. The van der Waals surface area contributed by atoms with E-state index in [0.29, 0.717) is 0 Å². The van der Waals surface area contributed by atoms with Gasteiger partial charge in [0.2, 0.25) is 5.75 Å². The summed E-state index contributed by atoms with van der Waals surface area (Å²) in [5.74, 6) is -0.298. The van der Waals surface area contributed by atoms with Crippen LogP contribution in [0.3, 0.4) is 0 Å². The maximum atomic E-state index is 11.1. The van der Waals surface area contributed by atoms with Crippen LogP contribution in [0.1, 0.15) is 0 Å². The summed E-state index contributed by atoms with van der Waals surface area (Å²) in [6.45, 7) is 0. The molecule has 0 aliphatic heterocycles. The van der Waals surface area contributed by atoms with Crippen molar-refractivity contribution in [2.75, 3.05) is 7.11 Å². The van der Waals surface area contributed by atoms with E-state index in [4.69, 9.17) is 11.6 Å². The molecule has 0 aliphatic rings. The van der Waals surface area contributed by atoms with Gasteiger partial charge in [0, 0.05) is 5.10 Å². The number of ether oxygens (including phenoxy) is 1. The van der Waals surface area contributed by atoms with Gasteiger partial charge in [-0.05, 0) is 0 Å². The summed E-state index contributed by atoms with van der Waals surface area (Å²) in [6.07, 6.45) is 0.963. The molecule has 1 aromatic heterocycles. The number of methoxy groups -OCH3 is 1. The van der Waals surface area contributed by atoms with Crippen LogP contribution >= 0.6 is 11.6 Å². The lowest BCUT2D eigenvalue weighted by Gasteiger charge is -1.99. The van der Waals surface area contributed by atoms with Gasteiger partial charge in [-0.3, -0.25) is 4.79 Å². The summed E-state index contributed by atoms with van der Waals surface area (Å²) in [7, 11) is 1.19. The Kier molecular flexibility index (Phi) is 2.47. The van der Waals surface area contributed by atoms with Gasteiger partial charge in [-0.1, -0.05) is 11.6 Å². The normalized spacial score (nSPS) is 9.69. The number of rotatable bonds is 2. The highest BCUT2D eigenvalue weighted by molar-refractivity contribution is 6.31. The van der Waals surface area contributed by atoms with Crippen molar-refractivity contribution in [2.24, 2.45) is 0 Å². The number of hydrogen-bond acceptors (Lipinski definition) is 5. The van der Waals surface area contributed by atoms with E-state index < -0.39 is 10.6 Å². The third-order valence-corrected chi connectivity index (χ3v) is 1.50. The van der Waals surface area contributed by atoms with Gasteiger partial charge in [-0.25, -0.2) is 0 Å². The van der Waals surface area contributed by atoms with E-state index in [0.717, 1.165) is 6.20 Å². The molecule has 0 aromatic carbocycles. The van der Waals surface area contributed by atoms with E-state index in [1.54, 1.807) is 0 Å². The third kappa shape index (κ3) is 1.59. The van der Waals surface area contributed by atoms with Crippen molar-refractivity contribution in [2.45, 2.75) is 0 Å². The van der Waals surface area contributed by atoms with Crippen molar-refractivity contribution in [3.63, 3.8) is 0 Å². The Morgan fingerprint density at radius 1 is 1.77 bits per heavy atom. The van der Waals surface area contributed by atoms with Gasteiger partial charge in [-0.2, -0.15) is 0 Å². The van der Waals surface area contributed by atoms with Crippen molar-refractivity contribution < 1.29 is 9.77 Å². The summed E-state index contributed by atoms with van der Waals surface area (Å²) in [5.41, 5.74) is -1.000. The van der Waals surface area contributed by atoms with Gasteiger partial charge in [0.25, 0.3) is 0 Å². The molecule has 0 saturated heterocycles. The second kappa shape index (κ2) is 3.40. The first-order chi connectivity index (χ1) is 6.07. The second-order valence-corrected chi connectivity index (χ2v) is 2.37. The van der Waals surface area contributed by atoms with Gasteiger partial charge in [0.1, 0.15) is 5.02 Å². The fourth-order valence-corrected chi connectivity index (χ4v) is 0.912. The molecule has 7 nitrogen and oxygen atoms in total. The highest BCUT2D eigenvalue weighted by Crippen LogP contribution is 2.16. The molecular formula is C5H4ClN3O4. The van der Waals surface area contributed by atoms with Crippen LogP contribution < -0.4 is 10.3 Å². The maximum Gasteiger partial charge on any atom is 0.376 e. The summed E-state index contributed by atoms with van der Waals surface area (Å²) in [6, 6.07) is 0. The molecule has 70 valence electrons. The molecule has 1 rings (SSSR count). The van der Waals surface area contributed by atoms with Crippen LogP contribution in [0.4, 0.5) is 0 Å². The van der Waals surface area contributed by atoms with E-state index >= 15 is 0 Å². The summed E-state index contributed by atoms with van der Waals surface area (Å²) < 4.78 is 4.56. The maximum absolute atomic E-state index is 11.1. The predicted octanol–water partition coefficient (Wildman–Crippen LogP) is -0.0549. The van der Waals surface area contributed by atoms with Crippen molar-refractivity contribution >= 4 is 11.6 Å². The second-order valence-electron chi connectivity index (χ2n) is 1.96. The van der Waals surface area contributed by atoms with Crippen LogP contribution in [-0.4, -0.2) is 22.0 Å². The van der Waals surface area contributed by atoms with E-state index in [-0.39, 0.29) is 15.6 Å². The minimum absolute atomic E-state index is 0.0463. The number of aromatic nitrogens is 2. The quantitative estimate of drug-likeness (QED) is 0.499. The van der Waals surface area contributed by atoms with E-state index in [9.17, 15) is 14.9 Å². The first-order valence-corrected chi connectivity index (χ1v) is 3.42. The lowest BCUT2D eigenvalue weighted by Crippen LogP contribution is -2.29. The molecule has 0 unspecified atom stereocenters. The summed E-state index contributed by atoms with van der Waals surface area (Å²) >= 11 is 5.48. The molecule has 0 spiro atoms. The zero-order valence-electron chi connectivity index (χ0n) is 6.43. The molecule has 1 aromatic rings. The van der Waals surface area contributed by atoms with E-state index in [2.05, 4.69) is 9.84 Å². The van der Waals surface area contributed by atoms with Crippen molar-refractivity contribution in [3.05, 3.63) is 31.7 Å². The number of hydrogen-bond donors (Lipinski definition) is 0. The van der Waals surface area contributed by atoms with Crippen LogP contribution in [0.25, 0.3) is 0 Å². The van der Waals surface area contributed by atoms with Crippen LogP contribution in [0.5, 0.6) is 5.75 Å². The smallest absolute Gasteiger partial charge is 0.376 e. The summed E-state index contributed by atoms with van der Waals surface area (Å²) in [4.78, 5) is 21.4. The molecule has 0 fully saturated rings. The number of nitrogens with zero attached hydrogens (tertiary/aromatic N) is 3. The van der Waals surface area contributed by atoms with Crippen LogP contribution in [0.15, 0.2) is 11.0 Å². The Morgan fingerprint density at radius 2 is 2.38 bits per heavy atom. The summed E-state index contributed by atoms with van der Waals surface area (Å²) in [5, 5.41) is 12.4. The average molecular weight is 206 g/mol. The average Bonchev–Trinajstić information content (AvgIpc) is 2.04.